The molecule has 0 radical (unpaired) electrons. The molecule has 0 bridgehead atoms. The van der Waals surface area contributed by atoms with Gasteiger partial charge in [0.05, 0.1) is 11.1 Å². The summed E-state index contributed by atoms with van der Waals surface area (Å²) in [7, 11) is 1.56. The predicted octanol–water partition coefficient (Wildman–Crippen LogP) is 4.03. The van der Waals surface area contributed by atoms with Crippen LogP contribution in [0.25, 0.3) is 10.9 Å². The van der Waals surface area contributed by atoms with Crippen LogP contribution < -0.4 is 20.3 Å². The lowest BCUT2D eigenvalue weighted by molar-refractivity contribution is 0.0196. The minimum absolute atomic E-state index is 0.0457. The summed E-state index contributed by atoms with van der Waals surface area (Å²) in [5.74, 6) is 1.11. The normalized spacial score (nSPS) is 15.8. The number of ether oxygens (including phenoxy) is 3. The zero-order valence-corrected chi connectivity index (χ0v) is 24.9. The van der Waals surface area contributed by atoms with Crippen LogP contribution in [0.3, 0.4) is 0 Å². The molecule has 42 heavy (non-hydrogen) atoms. The third-order valence-corrected chi connectivity index (χ3v) is 7.94. The maximum absolute atomic E-state index is 13.4. The maximum atomic E-state index is 13.4. The predicted molar refractivity (Wildman–Crippen MR) is 160 cm³/mol. The fourth-order valence-corrected chi connectivity index (χ4v) is 5.89. The van der Waals surface area contributed by atoms with E-state index in [1.807, 2.05) is 68.1 Å². The Labute approximate surface area is 246 Å². The van der Waals surface area contributed by atoms with E-state index >= 15 is 0 Å². The number of likely N-dealkylation sites (tertiary alicyclic amines) is 1. The van der Waals surface area contributed by atoms with Gasteiger partial charge in [0.2, 0.25) is 0 Å². The number of carbonyl (C=O) groups is 2. The molecule has 224 valence electrons. The average molecular weight is 577 g/mol. The molecule has 1 fully saturated rings. The summed E-state index contributed by atoms with van der Waals surface area (Å²) in [6.45, 7) is 10.1. The van der Waals surface area contributed by atoms with Gasteiger partial charge in [0.15, 0.2) is 11.5 Å². The number of hydrogen-bond donors (Lipinski definition) is 1. The van der Waals surface area contributed by atoms with E-state index < -0.39 is 5.54 Å². The molecule has 10 nitrogen and oxygen atoms in total. The van der Waals surface area contributed by atoms with Crippen molar-refractivity contribution in [1.29, 1.82) is 0 Å². The highest BCUT2D eigenvalue weighted by Crippen LogP contribution is 2.31. The fraction of sp³-hybridized carbons (Fsp3) is 0.469. The number of carbonyl (C=O) groups excluding carboxylic acids is 2. The first-order valence-electron chi connectivity index (χ1n) is 14.6. The van der Waals surface area contributed by atoms with E-state index in [0.29, 0.717) is 43.4 Å². The first-order valence-corrected chi connectivity index (χ1v) is 14.6. The molecule has 5 rings (SSSR count). The second-order valence-corrected chi connectivity index (χ2v) is 11.8. The third kappa shape index (κ3) is 6.38. The van der Waals surface area contributed by atoms with Crippen molar-refractivity contribution in [3.8, 4) is 11.5 Å². The molecule has 1 saturated heterocycles. The molecule has 3 heterocycles. The Morgan fingerprint density at radius 1 is 1.00 bits per heavy atom. The van der Waals surface area contributed by atoms with E-state index in [2.05, 4.69) is 10.2 Å². The maximum Gasteiger partial charge on any atom is 0.410 e. The number of rotatable bonds is 7. The van der Waals surface area contributed by atoms with Gasteiger partial charge in [-0.2, -0.15) is 0 Å². The number of hydrogen-bond acceptors (Lipinski definition) is 7. The lowest BCUT2D eigenvalue weighted by Crippen LogP contribution is -2.55. The van der Waals surface area contributed by atoms with Crippen molar-refractivity contribution in [3.05, 3.63) is 70.0 Å². The van der Waals surface area contributed by atoms with E-state index in [4.69, 9.17) is 14.2 Å². The Balaban J connectivity index is 1.20. The number of pyridine rings is 1. The van der Waals surface area contributed by atoms with Gasteiger partial charge in [-0.05, 0) is 57.4 Å². The molecule has 2 amide bonds. The van der Waals surface area contributed by atoms with Crippen molar-refractivity contribution in [1.82, 2.24) is 19.7 Å². The quantitative estimate of drug-likeness (QED) is 0.453. The van der Waals surface area contributed by atoms with Crippen LogP contribution in [0.15, 0.2) is 53.3 Å². The van der Waals surface area contributed by atoms with Crippen LogP contribution >= 0.6 is 0 Å². The van der Waals surface area contributed by atoms with Crippen LogP contribution in [0.4, 0.5) is 4.79 Å². The summed E-state index contributed by atoms with van der Waals surface area (Å²) >= 11 is 0. The Morgan fingerprint density at radius 3 is 2.43 bits per heavy atom. The van der Waals surface area contributed by atoms with Crippen LogP contribution in [0.2, 0.25) is 0 Å². The van der Waals surface area contributed by atoms with Gasteiger partial charge in [0.1, 0.15) is 19.8 Å². The number of fused-ring (bicyclic) bond motifs is 2. The highest BCUT2D eigenvalue weighted by Gasteiger charge is 2.36. The summed E-state index contributed by atoms with van der Waals surface area (Å²) in [6.07, 6.45) is 1.29. The van der Waals surface area contributed by atoms with E-state index in [1.54, 1.807) is 11.6 Å². The number of piperidine rings is 1. The highest BCUT2D eigenvalue weighted by atomic mass is 16.6. The largest absolute Gasteiger partial charge is 0.486 e. The third-order valence-electron chi connectivity index (χ3n) is 7.94. The Hall–Kier alpha value is -4.05. The zero-order chi connectivity index (χ0) is 29.9. The van der Waals surface area contributed by atoms with Gasteiger partial charge in [0.25, 0.3) is 11.5 Å². The number of benzene rings is 2. The van der Waals surface area contributed by atoms with Gasteiger partial charge in [-0.15, -0.1) is 0 Å². The Bertz CT molecular complexity index is 1500. The molecule has 10 heteroatoms. The molecule has 2 aliphatic rings. The van der Waals surface area contributed by atoms with Crippen molar-refractivity contribution < 1.29 is 23.8 Å². The van der Waals surface area contributed by atoms with E-state index in [1.165, 1.54) is 6.07 Å². The number of nitrogens with one attached hydrogen (secondary N) is 1. The molecule has 3 aromatic rings. The molecule has 0 aliphatic carbocycles. The van der Waals surface area contributed by atoms with Crippen molar-refractivity contribution in [3.63, 3.8) is 0 Å². The Kier molecular flexibility index (Phi) is 8.72. The number of aromatic nitrogens is 1. The van der Waals surface area contributed by atoms with Crippen LogP contribution in [-0.4, -0.2) is 77.8 Å². The standard InChI is InChI=1S/C32H40N4O6/c1-32(2,3)36(31(39)42-21-22-9-10-27-28(19-22)41-18-17-40-27)23-11-13-34(14-12-23)15-16-35-26-8-6-5-7-24(26)25(20-29(35)37)30(38)33-4/h5-10,19-20,23H,11-18,21H2,1-4H3,(H,33,38). The van der Waals surface area contributed by atoms with Crippen molar-refractivity contribution in [2.24, 2.45) is 0 Å². The van der Waals surface area contributed by atoms with Gasteiger partial charge in [-0.1, -0.05) is 24.3 Å². The molecular weight excluding hydrogens is 536 g/mol. The van der Waals surface area contributed by atoms with Gasteiger partial charge < -0.3 is 33.9 Å². The Morgan fingerprint density at radius 2 is 1.71 bits per heavy atom. The van der Waals surface area contributed by atoms with E-state index in [-0.39, 0.29) is 30.2 Å². The lowest BCUT2D eigenvalue weighted by Gasteiger charge is -2.44. The lowest BCUT2D eigenvalue weighted by atomic mass is 9.97. The summed E-state index contributed by atoms with van der Waals surface area (Å²) < 4.78 is 18.8. The molecule has 0 spiro atoms. The SMILES string of the molecule is CNC(=O)c1cc(=O)n(CCN2CCC(N(C(=O)OCc3ccc4c(c3)OCCO4)C(C)(C)C)CC2)c2ccccc12. The van der Waals surface area contributed by atoms with Gasteiger partial charge in [-0.3, -0.25) is 9.59 Å². The van der Waals surface area contributed by atoms with Gasteiger partial charge in [0, 0.05) is 56.3 Å². The topological polar surface area (TPSA) is 102 Å². The fourth-order valence-electron chi connectivity index (χ4n) is 5.89. The second kappa shape index (κ2) is 12.4. The summed E-state index contributed by atoms with van der Waals surface area (Å²) in [5.41, 5.74) is 1.39. The molecule has 2 aromatic carbocycles. The van der Waals surface area contributed by atoms with Crippen LogP contribution in [0.1, 0.15) is 49.5 Å². The van der Waals surface area contributed by atoms with Crippen LogP contribution in [0, 0.1) is 0 Å². The minimum atomic E-state index is -0.407. The van der Waals surface area contributed by atoms with Crippen LogP contribution in [0.5, 0.6) is 11.5 Å². The molecule has 1 N–H and O–H groups in total. The molecule has 0 unspecified atom stereocenters. The second-order valence-electron chi connectivity index (χ2n) is 11.8. The van der Waals surface area contributed by atoms with Crippen LogP contribution in [-0.2, 0) is 17.9 Å². The molecule has 0 atom stereocenters. The van der Waals surface area contributed by atoms with Crippen molar-refractivity contribution in [2.75, 3.05) is 39.9 Å². The highest BCUT2D eigenvalue weighted by molar-refractivity contribution is 6.06. The van der Waals surface area contributed by atoms with Crippen molar-refractivity contribution >= 4 is 22.9 Å². The monoisotopic (exact) mass is 576 g/mol. The summed E-state index contributed by atoms with van der Waals surface area (Å²) in [5, 5.41) is 3.38. The molecule has 0 saturated carbocycles. The van der Waals surface area contributed by atoms with Gasteiger partial charge >= 0.3 is 6.09 Å². The van der Waals surface area contributed by atoms with Crippen molar-refractivity contribution in [2.45, 2.75) is 58.3 Å². The smallest absolute Gasteiger partial charge is 0.410 e. The van der Waals surface area contributed by atoms with E-state index in [0.717, 1.165) is 42.4 Å². The zero-order valence-electron chi connectivity index (χ0n) is 24.9. The minimum Gasteiger partial charge on any atom is -0.486 e. The molecule has 2 aliphatic heterocycles. The molecule has 1 aromatic heterocycles. The van der Waals surface area contributed by atoms with Gasteiger partial charge in [-0.25, -0.2) is 4.79 Å². The number of amides is 2. The first kappa shape index (κ1) is 29.4. The van der Waals surface area contributed by atoms with E-state index in [9.17, 15) is 14.4 Å². The number of para-hydroxylation sites is 1. The average Bonchev–Trinajstić information content (AvgIpc) is 2.99. The summed E-state index contributed by atoms with van der Waals surface area (Å²) in [4.78, 5) is 42.9. The summed E-state index contributed by atoms with van der Waals surface area (Å²) in [6, 6.07) is 14.6. The first-order chi connectivity index (χ1) is 20.2. The number of nitrogens with zero attached hydrogens (tertiary/aromatic N) is 3. The molecular formula is C32H40N4O6.